The molecule has 1 aromatic carbocycles. The number of hydrogen-bond acceptors (Lipinski definition) is 1. The lowest BCUT2D eigenvalue weighted by Crippen LogP contribution is -2.02. The van der Waals surface area contributed by atoms with Crippen LogP contribution in [0, 0.1) is 0 Å². The molecule has 0 fully saturated rings. The molecular formula is C12H16N2. The third kappa shape index (κ3) is 1.32. The van der Waals surface area contributed by atoms with Gasteiger partial charge >= 0.3 is 0 Å². The molecule has 0 aliphatic heterocycles. The smallest absolute Gasteiger partial charge is 0.0483 e. The van der Waals surface area contributed by atoms with Crippen LogP contribution in [0.3, 0.4) is 0 Å². The Morgan fingerprint density at radius 3 is 2.71 bits per heavy atom. The van der Waals surface area contributed by atoms with Crippen LogP contribution in [0.2, 0.25) is 0 Å². The molecule has 14 heavy (non-hydrogen) atoms. The van der Waals surface area contributed by atoms with Crippen molar-refractivity contribution >= 4 is 10.9 Å². The summed E-state index contributed by atoms with van der Waals surface area (Å²) in [5.74, 6) is 0. The molecule has 0 aliphatic carbocycles. The van der Waals surface area contributed by atoms with Gasteiger partial charge in [0, 0.05) is 24.8 Å². The molecular weight excluding hydrogens is 172 g/mol. The van der Waals surface area contributed by atoms with E-state index in [1.807, 2.05) is 0 Å². The molecule has 1 aromatic heterocycles. The number of nitrogens with zero attached hydrogens (tertiary/aromatic N) is 1. The van der Waals surface area contributed by atoms with E-state index in [-0.39, 0.29) is 0 Å². The highest BCUT2D eigenvalue weighted by Crippen LogP contribution is 2.20. The van der Waals surface area contributed by atoms with Gasteiger partial charge < -0.3 is 10.3 Å². The average molecular weight is 188 g/mol. The number of rotatable bonds is 2. The van der Waals surface area contributed by atoms with Gasteiger partial charge in [-0.1, -0.05) is 19.1 Å². The van der Waals surface area contributed by atoms with E-state index >= 15 is 0 Å². The Bertz CT molecular complexity index is 455. The molecule has 0 saturated carbocycles. The van der Waals surface area contributed by atoms with Crippen molar-refractivity contribution in [1.82, 2.24) is 4.57 Å². The lowest BCUT2D eigenvalue weighted by Gasteiger charge is -2.02. The Kier molecular flexibility index (Phi) is 2.30. The average Bonchev–Trinajstić information content (AvgIpc) is 2.55. The first-order chi connectivity index (χ1) is 6.76. The van der Waals surface area contributed by atoms with Gasteiger partial charge in [-0.2, -0.15) is 0 Å². The third-order valence-electron chi connectivity index (χ3n) is 2.83. The summed E-state index contributed by atoms with van der Waals surface area (Å²) in [6.45, 7) is 2.78. The van der Waals surface area contributed by atoms with Gasteiger partial charge in [-0.25, -0.2) is 0 Å². The van der Waals surface area contributed by atoms with Crippen LogP contribution in [-0.2, 0) is 20.0 Å². The van der Waals surface area contributed by atoms with Crippen molar-refractivity contribution in [3.8, 4) is 0 Å². The summed E-state index contributed by atoms with van der Waals surface area (Å²) in [4.78, 5) is 0. The monoisotopic (exact) mass is 188 g/mol. The third-order valence-corrected chi connectivity index (χ3v) is 2.83. The summed E-state index contributed by atoms with van der Waals surface area (Å²) in [5, 5.41) is 1.28. The van der Waals surface area contributed by atoms with Gasteiger partial charge in [0.1, 0.15) is 0 Å². The van der Waals surface area contributed by atoms with Crippen molar-refractivity contribution in [1.29, 1.82) is 0 Å². The Labute approximate surface area is 84.3 Å². The molecule has 0 radical (unpaired) electrons. The first-order valence-electron chi connectivity index (χ1n) is 5.03. The quantitative estimate of drug-likeness (QED) is 0.769. The minimum atomic E-state index is 0.604. The Morgan fingerprint density at radius 1 is 1.29 bits per heavy atom. The van der Waals surface area contributed by atoms with Gasteiger partial charge in [0.15, 0.2) is 0 Å². The molecule has 2 heteroatoms. The zero-order valence-electron chi connectivity index (χ0n) is 8.75. The van der Waals surface area contributed by atoms with Crippen LogP contribution in [0.5, 0.6) is 0 Å². The molecule has 0 aliphatic rings. The SMILES string of the molecule is CCc1ccc2cc(CN)n(C)c2c1. The van der Waals surface area contributed by atoms with Gasteiger partial charge in [-0.05, 0) is 29.5 Å². The first kappa shape index (κ1) is 9.28. The lowest BCUT2D eigenvalue weighted by atomic mass is 10.1. The van der Waals surface area contributed by atoms with E-state index in [9.17, 15) is 0 Å². The van der Waals surface area contributed by atoms with Gasteiger partial charge in [-0.3, -0.25) is 0 Å². The normalized spacial score (nSPS) is 11.1. The van der Waals surface area contributed by atoms with Crippen molar-refractivity contribution in [2.24, 2.45) is 12.8 Å². The predicted octanol–water partition coefficient (Wildman–Crippen LogP) is 2.20. The molecule has 0 bridgehead atoms. The first-order valence-corrected chi connectivity index (χ1v) is 5.03. The molecule has 2 N–H and O–H groups in total. The van der Waals surface area contributed by atoms with Crippen LogP contribution in [0.25, 0.3) is 10.9 Å². The van der Waals surface area contributed by atoms with Crippen molar-refractivity contribution in [2.75, 3.05) is 0 Å². The fourth-order valence-electron chi connectivity index (χ4n) is 1.85. The Morgan fingerprint density at radius 2 is 2.07 bits per heavy atom. The number of aromatic nitrogens is 1. The molecule has 2 aromatic rings. The van der Waals surface area contributed by atoms with Crippen LogP contribution in [-0.4, -0.2) is 4.57 Å². The molecule has 0 amide bonds. The Balaban J connectivity index is 2.68. The van der Waals surface area contributed by atoms with Crippen LogP contribution >= 0.6 is 0 Å². The van der Waals surface area contributed by atoms with Crippen molar-refractivity contribution in [3.63, 3.8) is 0 Å². The largest absolute Gasteiger partial charge is 0.346 e. The molecule has 2 rings (SSSR count). The van der Waals surface area contributed by atoms with Crippen molar-refractivity contribution in [2.45, 2.75) is 19.9 Å². The van der Waals surface area contributed by atoms with E-state index in [1.165, 1.54) is 22.2 Å². The molecule has 2 nitrogen and oxygen atoms in total. The van der Waals surface area contributed by atoms with Crippen LogP contribution < -0.4 is 5.73 Å². The van der Waals surface area contributed by atoms with E-state index in [4.69, 9.17) is 5.73 Å². The van der Waals surface area contributed by atoms with E-state index in [2.05, 4.69) is 42.8 Å². The molecule has 74 valence electrons. The maximum Gasteiger partial charge on any atom is 0.0483 e. The fraction of sp³-hybridized carbons (Fsp3) is 0.333. The van der Waals surface area contributed by atoms with Gasteiger partial charge in [0.2, 0.25) is 0 Å². The minimum Gasteiger partial charge on any atom is -0.346 e. The van der Waals surface area contributed by atoms with E-state index in [0.29, 0.717) is 6.54 Å². The lowest BCUT2D eigenvalue weighted by molar-refractivity contribution is 0.849. The zero-order valence-corrected chi connectivity index (χ0v) is 8.75. The van der Waals surface area contributed by atoms with Gasteiger partial charge in [0.05, 0.1) is 0 Å². The minimum absolute atomic E-state index is 0.604. The summed E-state index contributed by atoms with van der Waals surface area (Å²) in [6, 6.07) is 8.76. The van der Waals surface area contributed by atoms with Crippen LogP contribution in [0.1, 0.15) is 18.2 Å². The van der Waals surface area contributed by atoms with E-state index < -0.39 is 0 Å². The zero-order chi connectivity index (χ0) is 10.1. The van der Waals surface area contributed by atoms with Gasteiger partial charge in [-0.15, -0.1) is 0 Å². The van der Waals surface area contributed by atoms with E-state index in [1.54, 1.807) is 0 Å². The Hall–Kier alpha value is -1.28. The summed E-state index contributed by atoms with van der Waals surface area (Å²) < 4.78 is 2.18. The number of fused-ring (bicyclic) bond motifs is 1. The van der Waals surface area contributed by atoms with Crippen LogP contribution in [0.15, 0.2) is 24.3 Å². The second kappa shape index (κ2) is 3.46. The summed E-state index contributed by atoms with van der Waals surface area (Å²) >= 11 is 0. The molecule has 0 saturated heterocycles. The molecule has 0 unspecified atom stereocenters. The number of hydrogen-bond donors (Lipinski definition) is 1. The molecule has 0 atom stereocenters. The van der Waals surface area contributed by atoms with Crippen molar-refractivity contribution < 1.29 is 0 Å². The highest BCUT2D eigenvalue weighted by atomic mass is 15.0. The second-order valence-corrected chi connectivity index (χ2v) is 3.65. The van der Waals surface area contributed by atoms with Crippen LogP contribution in [0.4, 0.5) is 0 Å². The number of benzene rings is 1. The standard InChI is InChI=1S/C12H16N2/c1-3-9-4-5-10-7-11(8-13)14(2)12(10)6-9/h4-7H,3,8,13H2,1-2H3. The van der Waals surface area contributed by atoms with Crippen molar-refractivity contribution in [3.05, 3.63) is 35.5 Å². The number of nitrogens with two attached hydrogens (primary N) is 1. The van der Waals surface area contributed by atoms with E-state index in [0.717, 1.165) is 6.42 Å². The topological polar surface area (TPSA) is 30.9 Å². The predicted molar refractivity (Wildman–Crippen MR) is 60.2 cm³/mol. The highest BCUT2D eigenvalue weighted by Gasteiger charge is 2.03. The van der Waals surface area contributed by atoms with Gasteiger partial charge in [0.25, 0.3) is 0 Å². The maximum absolute atomic E-state index is 5.66. The highest BCUT2D eigenvalue weighted by molar-refractivity contribution is 5.82. The fourth-order valence-corrected chi connectivity index (χ4v) is 1.85. The second-order valence-electron chi connectivity index (χ2n) is 3.65. The molecule has 0 spiro atoms. The molecule has 1 heterocycles. The summed E-state index contributed by atoms with van der Waals surface area (Å²) in [5.41, 5.74) is 9.51. The maximum atomic E-state index is 5.66. The summed E-state index contributed by atoms with van der Waals surface area (Å²) in [7, 11) is 2.07. The summed E-state index contributed by atoms with van der Waals surface area (Å²) in [6.07, 6.45) is 1.08. The number of aryl methyl sites for hydroxylation is 2.